The van der Waals surface area contributed by atoms with Gasteiger partial charge in [-0.1, -0.05) is 17.7 Å². The largest absolute Gasteiger partial charge is 0.484 e. The lowest BCUT2D eigenvalue weighted by Crippen LogP contribution is -2.38. The second kappa shape index (κ2) is 11.3. The molecular formula is C23H31N3O5S. The zero-order valence-electron chi connectivity index (χ0n) is 18.6. The number of carbonyl (C=O) groups is 1. The molecule has 0 atom stereocenters. The molecule has 2 N–H and O–H groups in total. The number of benzene rings is 2. The fourth-order valence-electron chi connectivity index (χ4n) is 3.34. The first-order chi connectivity index (χ1) is 15.3. The lowest BCUT2D eigenvalue weighted by Gasteiger charge is -2.26. The predicted octanol–water partition coefficient (Wildman–Crippen LogP) is 2.32. The van der Waals surface area contributed by atoms with Crippen LogP contribution in [-0.2, 0) is 19.6 Å². The van der Waals surface area contributed by atoms with E-state index in [1.165, 1.54) is 12.1 Å². The van der Waals surface area contributed by atoms with Crippen LogP contribution in [0.25, 0.3) is 0 Å². The van der Waals surface area contributed by atoms with Crippen molar-refractivity contribution in [3.05, 3.63) is 53.6 Å². The van der Waals surface area contributed by atoms with E-state index in [0.717, 1.165) is 44.8 Å². The number of hydrogen-bond acceptors (Lipinski definition) is 6. The highest BCUT2D eigenvalue weighted by molar-refractivity contribution is 7.92. The van der Waals surface area contributed by atoms with E-state index in [2.05, 4.69) is 14.9 Å². The number of carbonyl (C=O) groups excluding carboxylic acids is 1. The summed E-state index contributed by atoms with van der Waals surface area (Å²) in [5.74, 6) is 0.270. The molecule has 1 aliphatic heterocycles. The number of morpholine rings is 1. The molecule has 0 bridgehead atoms. The molecule has 2 aromatic rings. The van der Waals surface area contributed by atoms with Gasteiger partial charge in [-0.2, -0.15) is 0 Å². The van der Waals surface area contributed by atoms with E-state index in [1.54, 1.807) is 25.1 Å². The first-order valence-electron chi connectivity index (χ1n) is 10.7. The van der Waals surface area contributed by atoms with Gasteiger partial charge in [-0.3, -0.25) is 14.4 Å². The van der Waals surface area contributed by atoms with Crippen LogP contribution in [0, 0.1) is 13.8 Å². The third-order valence-corrected chi connectivity index (χ3v) is 6.58. The highest BCUT2D eigenvalue weighted by Gasteiger charge is 2.16. The third-order valence-electron chi connectivity index (χ3n) is 5.20. The van der Waals surface area contributed by atoms with Gasteiger partial charge in [0, 0.05) is 25.3 Å². The highest BCUT2D eigenvalue weighted by atomic mass is 32.2. The van der Waals surface area contributed by atoms with E-state index < -0.39 is 10.0 Å². The van der Waals surface area contributed by atoms with Crippen molar-refractivity contribution in [2.24, 2.45) is 0 Å². The number of hydrogen-bond donors (Lipinski definition) is 2. The van der Waals surface area contributed by atoms with Gasteiger partial charge >= 0.3 is 0 Å². The molecule has 0 spiro atoms. The summed E-state index contributed by atoms with van der Waals surface area (Å²) in [5, 5.41) is 2.85. The Bertz CT molecular complexity index is 1000. The number of rotatable bonds is 10. The molecule has 1 amide bonds. The molecule has 1 saturated heterocycles. The third kappa shape index (κ3) is 7.22. The van der Waals surface area contributed by atoms with E-state index >= 15 is 0 Å². The highest BCUT2D eigenvalue weighted by Crippen LogP contribution is 2.23. The number of nitrogens with one attached hydrogen (secondary N) is 2. The normalized spacial score (nSPS) is 14.7. The maximum atomic E-state index is 12.7. The van der Waals surface area contributed by atoms with Crippen LogP contribution in [0.2, 0.25) is 0 Å². The summed E-state index contributed by atoms with van der Waals surface area (Å²) in [5.41, 5.74) is 2.18. The summed E-state index contributed by atoms with van der Waals surface area (Å²) in [7, 11) is -3.72. The van der Waals surface area contributed by atoms with Crippen molar-refractivity contribution in [2.75, 3.05) is 50.7 Å². The van der Waals surface area contributed by atoms with Crippen molar-refractivity contribution >= 4 is 21.6 Å². The molecule has 0 unspecified atom stereocenters. The van der Waals surface area contributed by atoms with Crippen molar-refractivity contribution in [2.45, 2.75) is 25.2 Å². The topological polar surface area (TPSA) is 97.0 Å². The maximum Gasteiger partial charge on any atom is 0.261 e. The first-order valence-corrected chi connectivity index (χ1v) is 12.2. The lowest BCUT2D eigenvalue weighted by molar-refractivity contribution is -0.123. The zero-order valence-corrected chi connectivity index (χ0v) is 19.4. The Kier molecular flexibility index (Phi) is 8.49. The second-order valence-electron chi connectivity index (χ2n) is 7.85. The summed E-state index contributed by atoms with van der Waals surface area (Å²) in [6.07, 6.45) is 0.866. The Balaban J connectivity index is 1.46. The molecular weight excluding hydrogens is 430 g/mol. The molecule has 0 aromatic heterocycles. The molecule has 0 saturated carbocycles. The molecule has 0 radical (unpaired) electrons. The van der Waals surface area contributed by atoms with Gasteiger partial charge in [0.25, 0.3) is 15.9 Å². The molecule has 3 rings (SSSR count). The van der Waals surface area contributed by atoms with Crippen LogP contribution in [-0.4, -0.2) is 65.2 Å². The molecule has 8 nitrogen and oxygen atoms in total. The van der Waals surface area contributed by atoms with Crippen molar-refractivity contribution in [1.82, 2.24) is 10.2 Å². The van der Waals surface area contributed by atoms with E-state index in [0.29, 0.717) is 23.5 Å². The molecule has 0 aliphatic carbocycles. The zero-order chi connectivity index (χ0) is 23.0. The number of anilines is 1. The monoisotopic (exact) mass is 461 g/mol. The lowest BCUT2D eigenvalue weighted by atomic mass is 10.2. The molecule has 1 heterocycles. The van der Waals surface area contributed by atoms with Gasteiger partial charge in [-0.05, 0) is 62.7 Å². The fraction of sp³-hybridized carbons (Fsp3) is 0.435. The van der Waals surface area contributed by atoms with Crippen LogP contribution in [0.3, 0.4) is 0 Å². The minimum absolute atomic E-state index is 0.119. The molecule has 32 heavy (non-hydrogen) atoms. The van der Waals surface area contributed by atoms with Crippen LogP contribution >= 0.6 is 0 Å². The number of amides is 1. The summed E-state index contributed by atoms with van der Waals surface area (Å²) in [6.45, 7) is 8.48. The van der Waals surface area contributed by atoms with Gasteiger partial charge < -0.3 is 14.8 Å². The summed E-state index contributed by atoms with van der Waals surface area (Å²) in [6, 6.07) is 11.7. The molecule has 1 fully saturated rings. The Labute approximate surface area is 190 Å². The van der Waals surface area contributed by atoms with Gasteiger partial charge in [0.1, 0.15) is 5.75 Å². The average molecular weight is 462 g/mol. The Morgan fingerprint density at radius 3 is 2.50 bits per heavy atom. The van der Waals surface area contributed by atoms with Gasteiger partial charge in [0.2, 0.25) is 0 Å². The summed E-state index contributed by atoms with van der Waals surface area (Å²) >= 11 is 0. The number of ether oxygens (including phenoxy) is 2. The van der Waals surface area contributed by atoms with E-state index in [9.17, 15) is 13.2 Å². The smallest absolute Gasteiger partial charge is 0.261 e. The van der Waals surface area contributed by atoms with E-state index in [4.69, 9.17) is 9.47 Å². The summed E-state index contributed by atoms with van der Waals surface area (Å²) < 4.78 is 38.8. The first kappa shape index (κ1) is 24.0. The number of nitrogens with zero attached hydrogens (tertiary/aromatic N) is 1. The Morgan fingerprint density at radius 1 is 1.09 bits per heavy atom. The van der Waals surface area contributed by atoms with Crippen LogP contribution in [0.1, 0.15) is 17.5 Å². The van der Waals surface area contributed by atoms with Crippen LogP contribution in [0.4, 0.5) is 5.69 Å². The Hall–Kier alpha value is -2.62. The van der Waals surface area contributed by atoms with Gasteiger partial charge in [0.05, 0.1) is 18.1 Å². The molecule has 1 aliphatic rings. The van der Waals surface area contributed by atoms with Gasteiger partial charge in [0.15, 0.2) is 6.61 Å². The number of sulfonamides is 1. The van der Waals surface area contributed by atoms with Gasteiger partial charge in [-0.25, -0.2) is 8.42 Å². The minimum Gasteiger partial charge on any atom is -0.484 e. The van der Waals surface area contributed by atoms with Crippen LogP contribution in [0.5, 0.6) is 5.75 Å². The van der Waals surface area contributed by atoms with Crippen molar-refractivity contribution < 1.29 is 22.7 Å². The van der Waals surface area contributed by atoms with Crippen molar-refractivity contribution in [1.29, 1.82) is 0 Å². The summed E-state index contributed by atoms with van der Waals surface area (Å²) in [4.78, 5) is 14.5. The van der Waals surface area contributed by atoms with Crippen LogP contribution < -0.4 is 14.8 Å². The maximum absolute atomic E-state index is 12.7. The SMILES string of the molecule is Cc1ccc(NS(=O)(=O)c2ccc(OCC(=O)NCCCN3CCOCC3)c(C)c2)cc1. The van der Waals surface area contributed by atoms with Crippen molar-refractivity contribution in [3.8, 4) is 5.75 Å². The number of aryl methyl sites for hydroxylation is 2. The fourth-order valence-corrected chi connectivity index (χ4v) is 4.48. The molecule has 2 aromatic carbocycles. The van der Waals surface area contributed by atoms with E-state index in [-0.39, 0.29) is 17.4 Å². The van der Waals surface area contributed by atoms with Crippen LogP contribution in [0.15, 0.2) is 47.4 Å². The van der Waals surface area contributed by atoms with E-state index in [1.807, 2.05) is 19.1 Å². The second-order valence-corrected chi connectivity index (χ2v) is 9.53. The molecule has 9 heteroatoms. The minimum atomic E-state index is -3.72. The standard InChI is InChI=1S/C23H31N3O5S/c1-18-4-6-20(7-5-18)25-32(28,29)21-8-9-22(19(2)16-21)31-17-23(27)24-10-3-11-26-12-14-30-15-13-26/h4-9,16,25H,3,10-15,17H2,1-2H3,(H,24,27). The molecule has 174 valence electrons. The Morgan fingerprint density at radius 2 is 1.81 bits per heavy atom. The van der Waals surface area contributed by atoms with Gasteiger partial charge in [-0.15, -0.1) is 0 Å². The quantitative estimate of drug-likeness (QED) is 0.527. The predicted molar refractivity (Wildman–Crippen MR) is 124 cm³/mol. The average Bonchev–Trinajstić information content (AvgIpc) is 2.78. The van der Waals surface area contributed by atoms with Crippen molar-refractivity contribution in [3.63, 3.8) is 0 Å².